The molecule has 11 atom stereocenters. The molecular formula is C13H24O10. The Morgan fingerprint density at radius 3 is 1.39 bits per heavy atom. The molecule has 1 aliphatic carbocycles. The van der Waals surface area contributed by atoms with E-state index < -0.39 is 73.6 Å². The van der Waals surface area contributed by atoms with Crippen LogP contribution in [0, 0.1) is 5.92 Å². The van der Waals surface area contributed by atoms with Crippen molar-refractivity contribution in [2.24, 2.45) is 5.92 Å². The van der Waals surface area contributed by atoms with Crippen molar-refractivity contribution in [3.05, 3.63) is 0 Å². The molecular weight excluding hydrogens is 316 g/mol. The molecule has 0 aromatic rings. The van der Waals surface area contributed by atoms with Crippen LogP contribution >= 0.6 is 0 Å². The Labute approximate surface area is 131 Å². The van der Waals surface area contributed by atoms with Crippen molar-refractivity contribution in [1.29, 1.82) is 0 Å². The minimum absolute atomic E-state index is 0.287. The second-order valence-electron chi connectivity index (χ2n) is 6.22. The first-order valence-corrected chi connectivity index (χ1v) is 7.41. The van der Waals surface area contributed by atoms with Crippen LogP contribution < -0.4 is 0 Å². The summed E-state index contributed by atoms with van der Waals surface area (Å²) in [5, 5.41) is 87.3. The summed E-state index contributed by atoms with van der Waals surface area (Å²) < 4.78 is 5.27. The summed E-state index contributed by atoms with van der Waals surface area (Å²) in [6.07, 6.45) is -15.6. The van der Waals surface area contributed by atoms with Crippen molar-refractivity contribution in [3.63, 3.8) is 0 Å². The van der Waals surface area contributed by atoms with E-state index >= 15 is 0 Å². The molecule has 23 heavy (non-hydrogen) atoms. The molecule has 1 saturated carbocycles. The van der Waals surface area contributed by atoms with E-state index in [0.717, 1.165) is 0 Å². The number of hydrogen-bond acceptors (Lipinski definition) is 10. The zero-order chi connectivity index (χ0) is 17.5. The minimum atomic E-state index is -1.73. The molecule has 9 N–H and O–H groups in total. The summed E-state index contributed by atoms with van der Waals surface area (Å²) in [4.78, 5) is 0. The van der Waals surface area contributed by atoms with E-state index in [1.54, 1.807) is 0 Å². The Morgan fingerprint density at radius 2 is 0.913 bits per heavy atom. The smallest absolute Gasteiger partial charge is 0.111 e. The van der Waals surface area contributed by atoms with Crippen LogP contribution in [0.3, 0.4) is 0 Å². The maximum Gasteiger partial charge on any atom is 0.111 e. The van der Waals surface area contributed by atoms with Crippen LogP contribution in [0.2, 0.25) is 0 Å². The third kappa shape index (κ3) is 3.37. The number of ether oxygens (including phenoxy) is 1. The summed E-state index contributed by atoms with van der Waals surface area (Å²) >= 11 is 0. The van der Waals surface area contributed by atoms with Gasteiger partial charge in [0.05, 0.1) is 24.9 Å². The van der Waals surface area contributed by atoms with Crippen LogP contribution in [0.1, 0.15) is 6.42 Å². The quantitative estimate of drug-likeness (QED) is 0.240. The number of rotatable bonds is 3. The van der Waals surface area contributed by atoms with Gasteiger partial charge >= 0.3 is 0 Å². The largest absolute Gasteiger partial charge is 0.394 e. The Kier molecular flexibility index (Phi) is 5.95. The first-order chi connectivity index (χ1) is 10.7. The maximum atomic E-state index is 9.97. The Bertz CT molecular complexity index is 377. The molecule has 10 nitrogen and oxygen atoms in total. The van der Waals surface area contributed by atoms with Crippen LogP contribution in [-0.2, 0) is 4.74 Å². The number of aliphatic hydroxyl groups excluding tert-OH is 9. The van der Waals surface area contributed by atoms with Crippen LogP contribution in [-0.4, -0.2) is 114 Å². The van der Waals surface area contributed by atoms with Crippen LogP contribution in [0.4, 0.5) is 0 Å². The van der Waals surface area contributed by atoms with E-state index in [0.29, 0.717) is 0 Å². The SMILES string of the molecule is OC[C@H]1O[C@H](CC2[C@@H](O)[C@H](O)C(O)[C@@H](O)[C@H]2O)[C@@H](O)[C@@H](O)[C@@H]1O. The fourth-order valence-corrected chi connectivity index (χ4v) is 3.24. The van der Waals surface area contributed by atoms with Gasteiger partial charge in [-0.15, -0.1) is 0 Å². The summed E-state index contributed by atoms with van der Waals surface area (Å²) in [5.74, 6) is -1.16. The van der Waals surface area contributed by atoms with Gasteiger partial charge in [-0.3, -0.25) is 0 Å². The van der Waals surface area contributed by atoms with Crippen molar-refractivity contribution in [2.75, 3.05) is 6.61 Å². The molecule has 1 aliphatic heterocycles. The summed E-state index contributed by atoms with van der Waals surface area (Å²) in [7, 11) is 0. The third-order valence-electron chi connectivity index (χ3n) is 4.77. The zero-order valence-corrected chi connectivity index (χ0v) is 12.2. The van der Waals surface area contributed by atoms with Gasteiger partial charge in [0, 0.05) is 5.92 Å². The lowest BCUT2D eigenvalue weighted by molar-refractivity contribution is -0.248. The van der Waals surface area contributed by atoms with E-state index in [1.807, 2.05) is 0 Å². The van der Waals surface area contributed by atoms with Gasteiger partial charge in [-0.25, -0.2) is 0 Å². The van der Waals surface area contributed by atoms with Crippen molar-refractivity contribution < 1.29 is 50.7 Å². The standard InChI is InChI=1S/C13H24O10/c14-2-5-9(18)12(21)8(17)4(23-5)1-3-6(15)10(19)13(22)11(20)7(3)16/h3-22H,1-2H2/t3?,4-,5-,6-,7+,8-,9-,10+,11+,12-,13?/m1/s1. The molecule has 0 amide bonds. The van der Waals surface area contributed by atoms with Crippen LogP contribution in [0.5, 0.6) is 0 Å². The van der Waals surface area contributed by atoms with E-state index in [9.17, 15) is 40.9 Å². The second-order valence-corrected chi connectivity index (χ2v) is 6.22. The summed E-state index contributed by atoms with van der Waals surface area (Å²) in [5.41, 5.74) is 0. The lowest BCUT2D eigenvalue weighted by Gasteiger charge is -2.46. The molecule has 2 fully saturated rings. The molecule has 0 spiro atoms. The molecule has 2 aliphatic rings. The molecule has 0 aromatic carbocycles. The molecule has 10 heteroatoms. The summed E-state index contributed by atoms with van der Waals surface area (Å²) in [6, 6.07) is 0. The van der Waals surface area contributed by atoms with Gasteiger partial charge in [0.15, 0.2) is 0 Å². The highest BCUT2D eigenvalue weighted by Gasteiger charge is 2.51. The lowest BCUT2D eigenvalue weighted by Crippen LogP contribution is -2.63. The van der Waals surface area contributed by atoms with Gasteiger partial charge in [-0.1, -0.05) is 0 Å². The predicted octanol–water partition coefficient (Wildman–Crippen LogP) is -5.35. The average molecular weight is 340 g/mol. The van der Waals surface area contributed by atoms with Crippen molar-refractivity contribution in [1.82, 2.24) is 0 Å². The third-order valence-corrected chi connectivity index (χ3v) is 4.77. The van der Waals surface area contributed by atoms with Gasteiger partial charge in [-0.2, -0.15) is 0 Å². The summed E-state index contributed by atoms with van der Waals surface area (Å²) in [6.45, 7) is -0.624. The average Bonchev–Trinajstić information content (AvgIpc) is 2.54. The molecule has 1 heterocycles. The molecule has 2 rings (SSSR count). The molecule has 2 unspecified atom stereocenters. The first-order valence-electron chi connectivity index (χ1n) is 7.41. The monoisotopic (exact) mass is 340 g/mol. The van der Waals surface area contributed by atoms with Gasteiger partial charge in [0.2, 0.25) is 0 Å². The topological polar surface area (TPSA) is 191 Å². The van der Waals surface area contributed by atoms with Crippen molar-refractivity contribution in [3.8, 4) is 0 Å². The Morgan fingerprint density at radius 1 is 0.522 bits per heavy atom. The zero-order valence-electron chi connectivity index (χ0n) is 12.2. The molecule has 0 bridgehead atoms. The van der Waals surface area contributed by atoms with Gasteiger partial charge in [-0.05, 0) is 6.42 Å². The minimum Gasteiger partial charge on any atom is -0.394 e. The Hall–Kier alpha value is -0.400. The van der Waals surface area contributed by atoms with Gasteiger partial charge < -0.3 is 50.7 Å². The van der Waals surface area contributed by atoms with E-state index in [-0.39, 0.29) is 6.42 Å². The fourth-order valence-electron chi connectivity index (χ4n) is 3.24. The van der Waals surface area contributed by atoms with Crippen molar-refractivity contribution in [2.45, 2.75) is 67.5 Å². The maximum absolute atomic E-state index is 9.97. The predicted molar refractivity (Wildman–Crippen MR) is 71.9 cm³/mol. The van der Waals surface area contributed by atoms with E-state index in [4.69, 9.17) is 9.84 Å². The normalized spacial score (nSPS) is 54.9. The molecule has 136 valence electrons. The van der Waals surface area contributed by atoms with Crippen LogP contribution in [0.15, 0.2) is 0 Å². The highest BCUT2D eigenvalue weighted by molar-refractivity contribution is 5.01. The number of aliphatic hydroxyl groups is 9. The fraction of sp³-hybridized carbons (Fsp3) is 1.00. The van der Waals surface area contributed by atoms with Crippen LogP contribution in [0.25, 0.3) is 0 Å². The molecule has 0 aromatic heterocycles. The van der Waals surface area contributed by atoms with Gasteiger partial charge in [0.25, 0.3) is 0 Å². The Balaban J connectivity index is 2.13. The number of hydrogen-bond donors (Lipinski definition) is 9. The van der Waals surface area contributed by atoms with E-state index in [2.05, 4.69) is 0 Å². The molecule has 1 saturated heterocycles. The highest BCUT2D eigenvalue weighted by Crippen LogP contribution is 2.33. The first kappa shape index (κ1) is 18.9. The highest BCUT2D eigenvalue weighted by atomic mass is 16.5. The lowest BCUT2D eigenvalue weighted by atomic mass is 9.74. The van der Waals surface area contributed by atoms with Gasteiger partial charge in [0.1, 0.15) is 42.7 Å². The van der Waals surface area contributed by atoms with Crippen molar-refractivity contribution >= 4 is 0 Å². The molecule has 0 radical (unpaired) electrons. The van der Waals surface area contributed by atoms with E-state index in [1.165, 1.54) is 0 Å². The second kappa shape index (κ2) is 7.23.